The van der Waals surface area contributed by atoms with Crippen molar-refractivity contribution in [2.24, 2.45) is 17.3 Å². The van der Waals surface area contributed by atoms with E-state index in [1.807, 2.05) is 12.1 Å². The molecule has 3 aliphatic rings. The van der Waals surface area contributed by atoms with Gasteiger partial charge in [0.15, 0.2) is 0 Å². The highest BCUT2D eigenvalue weighted by molar-refractivity contribution is 5.42. The lowest BCUT2D eigenvalue weighted by atomic mass is 9.60. The fourth-order valence-electron chi connectivity index (χ4n) is 5.31. The van der Waals surface area contributed by atoms with Crippen LogP contribution in [0.1, 0.15) is 43.2 Å². The predicted octanol–water partition coefficient (Wildman–Crippen LogP) is 2.19. The molecule has 0 aliphatic heterocycles. The van der Waals surface area contributed by atoms with E-state index in [4.69, 9.17) is 0 Å². The van der Waals surface area contributed by atoms with Crippen molar-refractivity contribution >= 4 is 0 Å². The molecule has 108 valence electrons. The summed E-state index contributed by atoms with van der Waals surface area (Å²) in [5, 5.41) is 30.2. The van der Waals surface area contributed by atoms with E-state index >= 15 is 0 Å². The third-order valence-electron chi connectivity index (χ3n) is 6.39. The van der Waals surface area contributed by atoms with Crippen LogP contribution >= 0.6 is 0 Å². The number of aliphatic hydroxyl groups excluding tert-OH is 2. The molecule has 3 N–H and O–H groups in total. The van der Waals surface area contributed by atoms with Crippen LogP contribution < -0.4 is 0 Å². The second kappa shape index (κ2) is 3.99. The largest absolute Gasteiger partial charge is 0.508 e. The molecule has 20 heavy (non-hydrogen) atoms. The minimum absolute atomic E-state index is 0.134. The monoisotopic (exact) mass is 274 g/mol. The van der Waals surface area contributed by atoms with Crippen molar-refractivity contribution in [3.8, 4) is 5.75 Å². The Hall–Kier alpha value is -1.06. The van der Waals surface area contributed by atoms with E-state index in [-0.39, 0.29) is 5.41 Å². The molecule has 0 bridgehead atoms. The summed E-state index contributed by atoms with van der Waals surface area (Å²) in [6.07, 6.45) is 2.62. The minimum Gasteiger partial charge on any atom is -0.508 e. The smallest absolute Gasteiger partial charge is 0.115 e. The Morgan fingerprint density at radius 2 is 2.05 bits per heavy atom. The third-order valence-corrected chi connectivity index (χ3v) is 6.39. The summed E-state index contributed by atoms with van der Waals surface area (Å²) < 4.78 is 0. The molecule has 1 aromatic carbocycles. The third kappa shape index (κ3) is 1.48. The number of hydrogen-bond acceptors (Lipinski definition) is 3. The molecule has 0 aromatic heterocycles. The highest BCUT2D eigenvalue weighted by Gasteiger charge is 2.58. The van der Waals surface area contributed by atoms with Crippen LogP contribution in [0.4, 0.5) is 0 Å². The lowest BCUT2D eigenvalue weighted by molar-refractivity contribution is -0.0465. The first kappa shape index (κ1) is 12.7. The van der Waals surface area contributed by atoms with Crippen LogP contribution in [0, 0.1) is 17.3 Å². The molecule has 0 heterocycles. The van der Waals surface area contributed by atoms with Crippen LogP contribution in [0.2, 0.25) is 0 Å². The number of aliphatic hydroxyl groups is 2. The predicted molar refractivity (Wildman–Crippen MR) is 75.5 cm³/mol. The molecule has 0 saturated heterocycles. The summed E-state index contributed by atoms with van der Waals surface area (Å²) in [5.41, 5.74) is 2.51. The zero-order valence-corrected chi connectivity index (χ0v) is 11.8. The highest BCUT2D eigenvalue weighted by Crippen LogP contribution is 2.61. The minimum atomic E-state index is -0.578. The maximum Gasteiger partial charge on any atom is 0.115 e. The Morgan fingerprint density at radius 3 is 2.85 bits per heavy atom. The van der Waals surface area contributed by atoms with E-state index in [0.717, 1.165) is 25.7 Å². The molecule has 4 rings (SSSR count). The second-order valence-electron chi connectivity index (χ2n) is 7.26. The Morgan fingerprint density at radius 1 is 1.25 bits per heavy atom. The van der Waals surface area contributed by atoms with Gasteiger partial charge in [0.2, 0.25) is 0 Å². The fraction of sp³-hybridized carbons (Fsp3) is 0.647. The van der Waals surface area contributed by atoms with Crippen LogP contribution in [0.3, 0.4) is 0 Å². The van der Waals surface area contributed by atoms with Gasteiger partial charge in [0.1, 0.15) is 5.75 Å². The molecule has 0 amide bonds. The number of phenolic OH excluding ortho intramolecular Hbond substituents is 1. The van der Waals surface area contributed by atoms with Crippen molar-refractivity contribution < 1.29 is 15.3 Å². The van der Waals surface area contributed by atoms with Crippen molar-refractivity contribution in [1.29, 1.82) is 0 Å². The topological polar surface area (TPSA) is 60.7 Å². The quantitative estimate of drug-likeness (QED) is 0.679. The van der Waals surface area contributed by atoms with Gasteiger partial charge in [-0.25, -0.2) is 0 Å². The van der Waals surface area contributed by atoms with Crippen LogP contribution in [0.5, 0.6) is 5.75 Å². The van der Waals surface area contributed by atoms with Gasteiger partial charge in [-0.1, -0.05) is 13.0 Å². The number of benzene rings is 1. The average molecular weight is 274 g/mol. The maximum absolute atomic E-state index is 10.3. The summed E-state index contributed by atoms with van der Waals surface area (Å²) in [7, 11) is 0. The normalized spacial score (nSPS) is 45.9. The SMILES string of the molecule is C[C@]12CC[C@@H]3c4cc(O)ccc4C[C@@H]3[C@@H]1C[C@@H](O)[C@H]2O. The number of aromatic hydroxyl groups is 1. The van der Waals surface area contributed by atoms with E-state index in [1.165, 1.54) is 11.1 Å². The molecule has 3 heteroatoms. The molecule has 6 atom stereocenters. The summed E-state index contributed by atoms with van der Waals surface area (Å²) in [5.74, 6) is 1.75. The first-order chi connectivity index (χ1) is 9.50. The molecule has 0 radical (unpaired) electrons. The van der Waals surface area contributed by atoms with Gasteiger partial charge in [-0.05, 0) is 72.1 Å². The van der Waals surface area contributed by atoms with Gasteiger partial charge >= 0.3 is 0 Å². The fourth-order valence-corrected chi connectivity index (χ4v) is 5.31. The van der Waals surface area contributed by atoms with Gasteiger partial charge in [-0.15, -0.1) is 0 Å². The van der Waals surface area contributed by atoms with Gasteiger partial charge < -0.3 is 15.3 Å². The summed E-state index contributed by atoms with van der Waals surface area (Å²) in [6, 6.07) is 5.74. The first-order valence-electron chi connectivity index (χ1n) is 7.68. The summed E-state index contributed by atoms with van der Waals surface area (Å²) in [6.45, 7) is 2.15. The first-order valence-corrected chi connectivity index (χ1v) is 7.68. The number of fused-ring (bicyclic) bond motifs is 5. The van der Waals surface area contributed by atoms with Gasteiger partial charge in [0, 0.05) is 0 Å². The Bertz CT molecular complexity index is 555. The van der Waals surface area contributed by atoms with Crippen molar-refractivity contribution in [2.75, 3.05) is 0 Å². The van der Waals surface area contributed by atoms with Crippen LogP contribution in [-0.2, 0) is 6.42 Å². The van der Waals surface area contributed by atoms with Crippen LogP contribution in [0.25, 0.3) is 0 Å². The molecular weight excluding hydrogens is 252 g/mol. The van der Waals surface area contributed by atoms with Crippen molar-refractivity contribution in [1.82, 2.24) is 0 Å². The highest BCUT2D eigenvalue weighted by atomic mass is 16.3. The summed E-state index contributed by atoms with van der Waals surface area (Å²) in [4.78, 5) is 0. The molecule has 2 saturated carbocycles. The average Bonchev–Trinajstić information content (AvgIpc) is 2.88. The molecular formula is C17H22O3. The standard InChI is InChI=1S/C17H22O3/c1-17-5-4-11-12-7-10(18)3-2-9(12)6-13(11)14(17)8-15(19)16(17)20/h2-3,7,11,13-16,18-20H,4-6,8H2,1H3/t11-,13+,14+,15-,16-,17+/m1/s1. The lowest BCUT2D eigenvalue weighted by Gasteiger charge is -2.45. The van der Waals surface area contributed by atoms with E-state index in [1.54, 1.807) is 6.07 Å². The van der Waals surface area contributed by atoms with Crippen LogP contribution in [0.15, 0.2) is 18.2 Å². The van der Waals surface area contributed by atoms with E-state index in [9.17, 15) is 15.3 Å². The van der Waals surface area contributed by atoms with E-state index in [0.29, 0.717) is 23.5 Å². The van der Waals surface area contributed by atoms with Crippen molar-refractivity contribution in [2.45, 2.75) is 50.7 Å². The number of hydrogen-bond donors (Lipinski definition) is 3. The number of rotatable bonds is 0. The Kier molecular flexibility index (Phi) is 2.52. The van der Waals surface area contributed by atoms with Gasteiger partial charge in [0.05, 0.1) is 12.2 Å². The molecule has 2 fully saturated rings. The maximum atomic E-state index is 10.3. The van der Waals surface area contributed by atoms with Gasteiger partial charge in [0.25, 0.3) is 0 Å². The zero-order chi connectivity index (χ0) is 14.1. The van der Waals surface area contributed by atoms with Gasteiger partial charge in [-0.2, -0.15) is 0 Å². The number of phenols is 1. The lowest BCUT2D eigenvalue weighted by Crippen LogP contribution is -2.42. The zero-order valence-electron chi connectivity index (χ0n) is 11.8. The molecule has 3 nitrogen and oxygen atoms in total. The second-order valence-corrected chi connectivity index (χ2v) is 7.26. The Labute approximate surface area is 119 Å². The Balaban J connectivity index is 1.73. The molecule has 1 aromatic rings. The molecule has 0 unspecified atom stereocenters. The van der Waals surface area contributed by atoms with Crippen molar-refractivity contribution in [3.63, 3.8) is 0 Å². The van der Waals surface area contributed by atoms with Crippen LogP contribution in [-0.4, -0.2) is 27.5 Å². The summed E-state index contributed by atoms with van der Waals surface area (Å²) >= 11 is 0. The molecule has 0 spiro atoms. The van der Waals surface area contributed by atoms with Gasteiger partial charge in [-0.3, -0.25) is 0 Å². The molecule has 3 aliphatic carbocycles. The van der Waals surface area contributed by atoms with E-state index in [2.05, 4.69) is 6.92 Å². The van der Waals surface area contributed by atoms with Crippen molar-refractivity contribution in [3.05, 3.63) is 29.3 Å². The van der Waals surface area contributed by atoms with E-state index < -0.39 is 12.2 Å².